The quantitative estimate of drug-likeness (QED) is 0.589. The molecule has 3 unspecified atom stereocenters. The molecule has 8 heteroatoms. The number of nitrogens with one attached hydrogen (secondary N) is 1. The van der Waals surface area contributed by atoms with Gasteiger partial charge >= 0.3 is 5.97 Å². The standard InChI is InChI=1S/C23H30N2O5S/c1-3-30-22(29)17-16-12-14(2)23(31-16)18(17)21(28)25(10-7-11-26)19(23)20(27)24-13-15-8-5-4-6-9-15/h4-6,8-9,14,16-19,26H,3,7,10-13H2,1-2H3,(H,24,27)/t14?,16-,17+,18+,19?,23?/m1/s1. The van der Waals surface area contributed by atoms with Gasteiger partial charge in [0.2, 0.25) is 11.8 Å². The first kappa shape index (κ1) is 22.1. The van der Waals surface area contributed by atoms with Gasteiger partial charge in [-0.2, -0.15) is 0 Å². The molecule has 1 spiro atoms. The average molecular weight is 447 g/mol. The number of hydrogen-bond acceptors (Lipinski definition) is 6. The van der Waals surface area contributed by atoms with E-state index in [2.05, 4.69) is 12.2 Å². The summed E-state index contributed by atoms with van der Waals surface area (Å²) in [5.74, 6) is -1.64. The zero-order valence-corrected chi connectivity index (χ0v) is 18.8. The molecule has 0 aliphatic carbocycles. The van der Waals surface area contributed by atoms with Gasteiger partial charge in [-0.05, 0) is 31.2 Å². The minimum atomic E-state index is -0.662. The molecule has 6 atom stereocenters. The highest BCUT2D eigenvalue weighted by molar-refractivity contribution is 8.02. The van der Waals surface area contributed by atoms with E-state index in [1.807, 2.05) is 30.3 Å². The highest BCUT2D eigenvalue weighted by Crippen LogP contribution is 2.68. The molecule has 4 rings (SSSR count). The predicted molar refractivity (Wildman–Crippen MR) is 117 cm³/mol. The topological polar surface area (TPSA) is 95.9 Å². The largest absolute Gasteiger partial charge is 0.466 e. The van der Waals surface area contributed by atoms with Crippen molar-refractivity contribution >= 4 is 29.5 Å². The monoisotopic (exact) mass is 446 g/mol. The summed E-state index contributed by atoms with van der Waals surface area (Å²) in [6.45, 7) is 4.73. The Morgan fingerprint density at radius 2 is 2.06 bits per heavy atom. The van der Waals surface area contributed by atoms with Crippen molar-refractivity contribution < 1.29 is 24.2 Å². The van der Waals surface area contributed by atoms with Crippen LogP contribution >= 0.6 is 11.8 Å². The number of rotatable bonds is 8. The second-order valence-corrected chi connectivity index (χ2v) is 10.2. The molecule has 3 saturated heterocycles. The number of aliphatic hydroxyl groups is 1. The molecule has 3 aliphatic rings. The molecule has 7 nitrogen and oxygen atoms in total. The van der Waals surface area contributed by atoms with Gasteiger partial charge in [-0.25, -0.2) is 0 Å². The number of thioether (sulfide) groups is 1. The lowest BCUT2D eigenvalue weighted by Gasteiger charge is -2.38. The SMILES string of the molecule is CCOC(=O)[C@@H]1[C@H]2C(=O)N(CCCO)C(C(=O)NCc3ccccc3)C23S[C@@H]1CC3C. The van der Waals surface area contributed by atoms with E-state index in [-0.39, 0.29) is 42.2 Å². The number of ether oxygens (including phenoxy) is 1. The second kappa shape index (κ2) is 8.82. The number of carbonyl (C=O) groups excluding carboxylic acids is 3. The molecule has 1 aromatic carbocycles. The van der Waals surface area contributed by atoms with Crippen LogP contribution in [0, 0.1) is 17.8 Å². The third-order valence-corrected chi connectivity index (χ3v) is 9.00. The van der Waals surface area contributed by atoms with Gasteiger partial charge < -0.3 is 20.1 Å². The normalized spacial score (nSPS) is 33.5. The molecule has 168 valence electrons. The molecule has 31 heavy (non-hydrogen) atoms. The van der Waals surface area contributed by atoms with Gasteiger partial charge in [-0.1, -0.05) is 37.3 Å². The van der Waals surface area contributed by atoms with Crippen LogP contribution < -0.4 is 5.32 Å². The summed E-state index contributed by atoms with van der Waals surface area (Å²) in [6.07, 6.45) is 1.18. The minimum Gasteiger partial charge on any atom is -0.466 e. The Kier molecular flexibility index (Phi) is 6.30. The average Bonchev–Trinajstić information content (AvgIpc) is 3.35. The van der Waals surface area contributed by atoms with Crippen molar-refractivity contribution in [1.82, 2.24) is 10.2 Å². The van der Waals surface area contributed by atoms with E-state index in [1.54, 1.807) is 23.6 Å². The zero-order valence-electron chi connectivity index (χ0n) is 18.0. The Labute approximate surface area is 186 Å². The molecule has 0 saturated carbocycles. The number of likely N-dealkylation sites (tertiary alicyclic amines) is 1. The summed E-state index contributed by atoms with van der Waals surface area (Å²) in [5, 5.41) is 12.4. The number of fused-ring (bicyclic) bond motifs is 1. The molecule has 2 amide bonds. The third kappa shape index (κ3) is 3.53. The summed E-state index contributed by atoms with van der Waals surface area (Å²) in [6, 6.07) is 8.99. The van der Waals surface area contributed by atoms with E-state index in [0.29, 0.717) is 19.5 Å². The van der Waals surface area contributed by atoms with Gasteiger partial charge in [0, 0.05) is 24.9 Å². The van der Waals surface area contributed by atoms with Crippen LogP contribution in [0.15, 0.2) is 30.3 Å². The molecule has 3 fully saturated rings. The van der Waals surface area contributed by atoms with Gasteiger partial charge in [-0.15, -0.1) is 11.8 Å². The van der Waals surface area contributed by atoms with E-state index < -0.39 is 22.6 Å². The number of nitrogens with zero attached hydrogens (tertiary/aromatic N) is 1. The number of aliphatic hydroxyl groups excluding tert-OH is 1. The van der Waals surface area contributed by atoms with Crippen LogP contribution in [0.3, 0.4) is 0 Å². The van der Waals surface area contributed by atoms with Gasteiger partial charge in [0.05, 0.1) is 23.2 Å². The lowest BCUT2D eigenvalue weighted by molar-refractivity contribution is -0.154. The maximum Gasteiger partial charge on any atom is 0.310 e. The molecule has 2 bridgehead atoms. The Bertz CT molecular complexity index is 850. The molecule has 0 aromatic heterocycles. The van der Waals surface area contributed by atoms with Gasteiger partial charge in [0.1, 0.15) is 6.04 Å². The van der Waals surface area contributed by atoms with Crippen LogP contribution in [0.1, 0.15) is 32.3 Å². The van der Waals surface area contributed by atoms with E-state index in [0.717, 1.165) is 12.0 Å². The lowest BCUT2D eigenvalue weighted by Crippen LogP contribution is -2.56. The summed E-state index contributed by atoms with van der Waals surface area (Å²) in [5.41, 5.74) is 0.983. The van der Waals surface area contributed by atoms with Crippen LogP contribution in [0.25, 0.3) is 0 Å². The van der Waals surface area contributed by atoms with Gasteiger partial charge in [-0.3, -0.25) is 14.4 Å². The van der Waals surface area contributed by atoms with E-state index in [9.17, 15) is 19.5 Å². The second-order valence-electron chi connectivity index (χ2n) is 8.62. The minimum absolute atomic E-state index is 0.00702. The number of amides is 2. The summed E-state index contributed by atoms with van der Waals surface area (Å²) in [4.78, 5) is 41.5. The van der Waals surface area contributed by atoms with Gasteiger partial charge in [0.25, 0.3) is 0 Å². The van der Waals surface area contributed by atoms with Crippen molar-refractivity contribution in [3.8, 4) is 0 Å². The van der Waals surface area contributed by atoms with Crippen LogP contribution in [-0.4, -0.2) is 63.6 Å². The number of benzene rings is 1. The van der Waals surface area contributed by atoms with Crippen molar-refractivity contribution in [3.05, 3.63) is 35.9 Å². The molecule has 1 aromatic rings. The third-order valence-electron chi connectivity index (χ3n) is 6.92. The number of esters is 1. The molecule has 2 N–H and O–H groups in total. The number of hydrogen-bond donors (Lipinski definition) is 2. The zero-order chi connectivity index (χ0) is 22.2. The van der Waals surface area contributed by atoms with Crippen molar-refractivity contribution in [2.75, 3.05) is 19.8 Å². The first-order valence-electron chi connectivity index (χ1n) is 11.0. The van der Waals surface area contributed by atoms with E-state index in [4.69, 9.17) is 4.74 Å². The number of carbonyl (C=O) groups is 3. The molecular formula is C23H30N2O5S. The predicted octanol–water partition coefficient (Wildman–Crippen LogP) is 1.59. The molecule has 0 radical (unpaired) electrons. The Morgan fingerprint density at radius 1 is 1.32 bits per heavy atom. The smallest absolute Gasteiger partial charge is 0.310 e. The van der Waals surface area contributed by atoms with Crippen LogP contribution in [-0.2, 0) is 25.7 Å². The summed E-state index contributed by atoms with van der Waals surface area (Å²) < 4.78 is 4.68. The van der Waals surface area contributed by atoms with Crippen LogP contribution in [0.2, 0.25) is 0 Å². The van der Waals surface area contributed by atoms with Crippen LogP contribution in [0.4, 0.5) is 0 Å². The van der Waals surface area contributed by atoms with Crippen molar-refractivity contribution in [1.29, 1.82) is 0 Å². The fraction of sp³-hybridized carbons (Fsp3) is 0.609. The lowest BCUT2D eigenvalue weighted by atomic mass is 9.66. The first-order valence-corrected chi connectivity index (χ1v) is 11.9. The first-order chi connectivity index (χ1) is 15.0. The Balaban J connectivity index is 1.65. The Hall–Kier alpha value is -2.06. The van der Waals surface area contributed by atoms with Gasteiger partial charge in [0.15, 0.2) is 0 Å². The van der Waals surface area contributed by atoms with Crippen molar-refractivity contribution in [2.24, 2.45) is 17.8 Å². The molecule has 3 heterocycles. The molecule has 3 aliphatic heterocycles. The highest BCUT2D eigenvalue weighted by atomic mass is 32.2. The molecular weight excluding hydrogens is 416 g/mol. The van der Waals surface area contributed by atoms with Crippen molar-refractivity contribution in [2.45, 2.75) is 49.3 Å². The maximum atomic E-state index is 13.6. The fourth-order valence-electron chi connectivity index (χ4n) is 5.69. The Morgan fingerprint density at radius 3 is 2.74 bits per heavy atom. The highest BCUT2D eigenvalue weighted by Gasteiger charge is 2.76. The van der Waals surface area contributed by atoms with E-state index in [1.165, 1.54) is 0 Å². The fourth-order valence-corrected chi connectivity index (χ4v) is 8.10. The van der Waals surface area contributed by atoms with Crippen LogP contribution in [0.5, 0.6) is 0 Å². The van der Waals surface area contributed by atoms with Crippen molar-refractivity contribution in [3.63, 3.8) is 0 Å². The maximum absolute atomic E-state index is 13.6. The summed E-state index contributed by atoms with van der Waals surface area (Å²) >= 11 is 1.63. The summed E-state index contributed by atoms with van der Waals surface area (Å²) in [7, 11) is 0. The van der Waals surface area contributed by atoms with E-state index >= 15 is 0 Å².